The molecule has 1 atom stereocenters. The third kappa shape index (κ3) is 3.16. The fourth-order valence-corrected chi connectivity index (χ4v) is 2.67. The molecular weight excluding hydrogens is 240 g/mol. The van der Waals surface area contributed by atoms with Gasteiger partial charge in [0.05, 0.1) is 0 Å². The first-order valence-corrected chi connectivity index (χ1v) is 6.97. The highest BCUT2D eigenvalue weighted by molar-refractivity contribution is 5.96. The lowest BCUT2D eigenvalue weighted by atomic mass is 10.1. The summed E-state index contributed by atoms with van der Waals surface area (Å²) in [7, 11) is 0. The second-order valence-corrected chi connectivity index (χ2v) is 5.00. The van der Waals surface area contributed by atoms with E-state index in [-0.39, 0.29) is 5.84 Å². The van der Waals surface area contributed by atoms with Crippen molar-refractivity contribution in [1.29, 1.82) is 0 Å². The Kier molecular flexibility index (Phi) is 4.60. The van der Waals surface area contributed by atoms with E-state index in [1.165, 1.54) is 25.7 Å². The van der Waals surface area contributed by atoms with Gasteiger partial charge in [0.1, 0.15) is 5.82 Å². The zero-order valence-electron chi connectivity index (χ0n) is 11.4. The van der Waals surface area contributed by atoms with Gasteiger partial charge >= 0.3 is 0 Å². The molecule has 0 aliphatic carbocycles. The predicted octanol–water partition coefficient (Wildman–Crippen LogP) is 2.34. The molecule has 1 aromatic rings. The van der Waals surface area contributed by atoms with E-state index in [1.807, 2.05) is 12.1 Å². The van der Waals surface area contributed by atoms with Crippen molar-refractivity contribution in [3.8, 4) is 0 Å². The molecule has 1 saturated heterocycles. The molecule has 1 aromatic heterocycles. The minimum absolute atomic E-state index is 0.0990. The summed E-state index contributed by atoms with van der Waals surface area (Å²) in [4.78, 5) is 6.86. The number of amidine groups is 1. The first-order chi connectivity index (χ1) is 9.26. The fraction of sp³-hybridized carbons (Fsp3) is 0.571. The third-order valence-electron chi connectivity index (χ3n) is 3.79. The molecule has 5 nitrogen and oxygen atoms in total. The molecule has 0 radical (unpaired) electrons. The van der Waals surface area contributed by atoms with Crippen LogP contribution >= 0.6 is 0 Å². The maximum Gasteiger partial charge on any atom is 0.171 e. The van der Waals surface area contributed by atoms with Crippen LogP contribution in [0, 0.1) is 0 Å². The van der Waals surface area contributed by atoms with Crippen LogP contribution < -0.4 is 10.6 Å². The monoisotopic (exact) mass is 262 g/mol. The van der Waals surface area contributed by atoms with Crippen LogP contribution in [0.25, 0.3) is 0 Å². The van der Waals surface area contributed by atoms with Crippen LogP contribution in [0.1, 0.15) is 44.6 Å². The van der Waals surface area contributed by atoms with Crippen LogP contribution in [0.5, 0.6) is 0 Å². The van der Waals surface area contributed by atoms with Gasteiger partial charge in [-0.2, -0.15) is 0 Å². The highest BCUT2D eigenvalue weighted by atomic mass is 16.4. The van der Waals surface area contributed by atoms with Crippen LogP contribution in [0.4, 0.5) is 5.82 Å². The Morgan fingerprint density at radius 2 is 2.32 bits per heavy atom. The Hall–Kier alpha value is -1.78. The normalized spacial score (nSPS) is 21.2. The number of pyridine rings is 1. The van der Waals surface area contributed by atoms with Crippen molar-refractivity contribution in [2.45, 2.75) is 45.1 Å². The number of anilines is 1. The fourth-order valence-electron chi connectivity index (χ4n) is 2.67. The van der Waals surface area contributed by atoms with Gasteiger partial charge in [-0.15, -0.1) is 0 Å². The molecule has 1 aliphatic rings. The van der Waals surface area contributed by atoms with E-state index in [9.17, 15) is 0 Å². The molecule has 3 N–H and O–H groups in total. The highest BCUT2D eigenvalue weighted by Crippen LogP contribution is 2.24. The Morgan fingerprint density at radius 1 is 1.47 bits per heavy atom. The molecule has 0 aromatic carbocycles. The smallest absolute Gasteiger partial charge is 0.171 e. The van der Waals surface area contributed by atoms with E-state index in [1.54, 1.807) is 6.20 Å². The molecule has 2 heterocycles. The van der Waals surface area contributed by atoms with E-state index in [4.69, 9.17) is 10.9 Å². The molecule has 0 bridgehead atoms. The van der Waals surface area contributed by atoms with Crippen LogP contribution in [0.3, 0.4) is 0 Å². The van der Waals surface area contributed by atoms with Crippen molar-refractivity contribution in [2.24, 2.45) is 10.9 Å². The average molecular weight is 262 g/mol. The molecule has 1 unspecified atom stereocenters. The van der Waals surface area contributed by atoms with Gasteiger partial charge in [0.25, 0.3) is 0 Å². The Morgan fingerprint density at radius 3 is 2.95 bits per heavy atom. The van der Waals surface area contributed by atoms with Gasteiger partial charge in [0.2, 0.25) is 0 Å². The molecule has 1 aliphatic heterocycles. The number of rotatable bonds is 3. The van der Waals surface area contributed by atoms with Crippen molar-refractivity contribution in [2.75, 3.05) is 11.4 Å². The zero-order chi connectivity index (χ0) is 13.7. The highest BCUT2D eigenvalue weighted by Gasteiger charge is 2.20. The van der Waals surface area contributed by atoms with Gasteiger partial charge in [0.15, 0.2) is 5.84 Å². The van der Waals surface area contributed by atoms with Gasteiger partial charge < -0.3 is 15.8 Å². The average Bonchev–Trinajstić information content (AvgIpc) is 2.71. The first kappa shape index (κ1) is 13.6. The van der Waals surface area contributed by atoms with Crippen molar-refractivity contribution in [3.05, 3.63) is 23.9 Å². The van der Waals surface area contributed by atoms with Gasteiger partial charge in [-0.05, 0) is 31.4 Å². The molecule has 0 spiro atoms. The molecule has 5 heteroatoms. The predicted molar refractivity (Wildman–Crippen MR) is 76.6 cm³/mol. The van der Waals surface area contributed by atoms with Crippen molar-refractivity contribution in [3.63, 3.8) is 0 Å². The topological polar surface area (TPSA) is 74.7 Å². The number of aromatic nitrogens is 1. The summed E-state index contributed by atoms with van der Waals surface area (Å²) in [5.74, 6) is 1.09. The number of nitrogens with two attached hydrogens (primary N) is 1. The third-order valence-corrected chi connectivity index (χ3v) is 3.79. The van der Waals surface area contributed by atoms with E-state index in [2.05, 4.69) is 22.0 Å². The zero-order valence-corrected chi connectivity index (χ0v) is 11.4. The summed E-state index contributed by atoms with van der Waals surface area (Å²) in [6.07, 6.45) is 7.87. The first-order valence-electron chi connectivity index (χ1n) is 6.97. The summed E-state index contributed by atoms with van der Waals surface area (Å²) in [5.41, 5.74) is 6.19. The van der Waals surface area contributed by atoms with Crippen LogP contribution in [-0.2, 0) is 0 Å². The SMILES string of the molecule is CCC1CCCCCN1c1ccc(/C(N)=N/O)cn1. The summed E-state index contributed by atoms with van der Waals surface area (Å²) >= 11 is 0. The Balaban J connectivity index is 2.19. The number of hydrogen-bond acceptors (Lipinski definition) is 4. The maximum atomic E-state index is 8.65. The lowest BCUT2D eigenvalue weighted by molar-refractivity contribution is 0.318. The minimum atomic E-state index is 0.0990. The van der Waals surface area contributed by atoms with E-state index < -0.39 is 0 Å². The lowest BCUT2D eigenvalue weighted by Gasteiger charge is -2.30. The van der Waals surface area contributed by atoms with E-state index in [0.717, 1.165) is 18.8 Å². The van der Waals surface area contributed by atoms with Gasteiger partial charge in [0, 0.05) is 24.3 Å². The lowest BCUT2D eigenvalue weighted by Crippen LogP contribution is -2.35. The van der Waals surface area contributed by atoms with Crippen LogP contribution in [0.2, 0.25) is 0 Å². The Bertz CT molecular complexity index is 430. The molecule has 104 valence electrons. The molecule has 0 saturated carbocycles. The second-order valence-electron chi connectivity index (χ2n) is 5.00. The van der Waals surface area contributed by atoms with Gasteiger partial charge in [-0.25, -0.2) is 4.98 Å². The summed E-state index contributed by atoms with van der Waals surface area (Å²) < 4.78 is 0. The standard InChI is InChI=1S/C14H22N4O/c1-2-12-6-4-3-5-9-18(12)13-8-7-11(10-16-13)14(15)17-19/h7-8,10,12,19H,2-6,9H2,1H3,(H2,15,17). The van der Waals surface area contributed by atoms with E-state index in [0.29, 0.717) is 11.6 Å². The number of hydrogen-bond donors (Lipinski definition) is 2. The van der Waals surface area contributed by atoms with Crippen LogP contribution in [0.15, 0.2) is 23.5 Å². The molecule has 1 fully saturated rings. The Labute approximate surface area is 114 Å². The number of oxime groups is 1. The van der Waals surface area contributed by atoms with Crippen molar-refractivity contribution >= 4 is 11.7 Å². The quantitative estimate of drug-likeness (QED) is 0.379. The minimum Gasteiger partial charge on any atom is -0.409 e. The molecule has 2 rings (SSSR count). The molecule has 0 amide bonds. The summed E-state index contributed by atoms with van der Waals surface area (Å²) in [6.45, 7) is 3.29. The largest absolute Gasteiger partial charge is 0.409 e. The van der Waals surface area contributed by atoms with Gasteiger partial charge in [-0.3, -0.25) is 0 Å². The molecular formula is C14H22N4O. The summed E-state index contributed by atoms with van der Waals surface area (Å²) in [6, 6.07) is 4.39. The molecule has 19 heavy (non-hydrogen) atoms. The van der Waals surface area contributed by atoms with Gasteiger partial charge in [-0.1, -0.05) is 24.9 Å². The van der Waals surface area contributed by atoms with E-state index >= 15 is 0 Å². The number of nitrogens with zero attached hydrogens (tertiary/aromatic N) is 3. The van der Waals surface area contributed by atoms with Crippen LogP contribution in [-0.4, -0.2) is 28.6 Å². The van der Waals surface area contributed by atoms with Crippen molar-refractivity contribution in [1.82, 2.24) is 4.98 Å². The summed E-state index contributed by atoms with van der Waals surface area (Å²) in [5, 5.41) is 11.6. The maximum absolute atomic E-state index is 8.65. The van der Waals surface area contributed by atoms with Crippen molar-refractivity contribution < 1.29 is 5.21 Å². The second kappa shape index (κ2) is 6.41.